The van der Waals surface area contributed by atoms with Crippen molar-refractivity contribution < 1.29 is 28.6 Å². The van der Waals surface area contributed by atoms with E-state index in [0.717, 1.165) is 21.5 Å². The number of nitrogens with zero attached hydrogens (tertiary/aromatic N) is 2. The number of aromatic nitrogens is 2. The highest BCUT2D eigenvalue weighted by molar-refractivity contribution is 7.20. The van der Waals surface area contributed by atoms with Crippen LogP contribution < -0.4 is 10.9 Å². The number of hydrogen-bond donors (Lipinski definition) is 1. The normalized spacial score (nSPS) is 10.9. The molecular formula is C26H25N3O7S2. The molecule has 0 bridgehead atoms. The van der Waals surface area contributed by atoms with Crippen LogP contribution in [0.1, 0.15) is 32.5 Å². The van der Waals surface area contributed by atoms with Gasteiger partial charge in [-0.2, -0.15) is 0 Å². The largest absolute Gasteiger partial charge is 0.462 e. The summed E-state index contributed by atoms with van der Waals surface area (Å²) in [5.74, 6) is -1.64. The molecule has 0 aliphatic carbocycles. The van der Waals surface area contributed by atoms with Crippen LogP contribution in [0.4, 0.5) is 5.00 Å². The lowest BCUT2D eigenvalue weighted by Gasteiger charge is -2.10. The minimum Gasteiger partial charge on any atom is -0.462 e. The van der Waals surface area contributed by atoms with Crippen LogP contribution in [0.25, 0.3) is 21.3 Å². The molecule has 12 heteroatoms. The van der Waals surface area contributed by atoms with E-state index in [1.165, 1.54) is 24.8 Å². The predicted molar refractivity (Wildman–Crippen MR) is 145 cm³/mol. The summed E-state index contributed by atoms with van der Waals surface area (Å²) in [7, 11) is 1.50. The van der Waals surface area contributed by atoms with Crippen molar-refractivity contribution in [1.29, 1.82) is 0 Å². The van der Waals surface area contributed by atoms with Crippen LogP contribution in [0.5, 0.6) is 0 Å². The molecule has 0 atom stereocenters. The number of carbonyl (C=O) groups excluding carboxylic acids is 3. The zero-order valence-electron chi connectivity index (χ0n) is 20.9. The number of hydrogen-bond acceptors (Lipinski definition) is 10. The first-order valence-electron chi connectivity index (χ1n) is 11.6. The standard InChI is InChI=1S/C26H25N3O7S2/c1-4-35-25(32)20-17(16-8-6-5-7-9-16)13-37-23(20)28-18(30)12-29-14-27-22-19(24(29)31)15(2)21(38-22)26(33)36-11-10-34-3/h5-9,13-14H,4,10-12H2,1-3H3,(H,28,30). The lowest BCUT2D eigenvalue weighted by Crippen LogP contribution is -2.28. The van der Waals surface area contributed by atoms with Gasteiger partial charge in [0.25, 0.3) is 5.56 Å². The molecule has 0 fully saturated rings. The average molecular weight is 556 g/mol. The van der Waals surface area contributed by atoms with Gasteiger partial charge >= 0.3 is 11.9 Å². The van der Waals surface area contributed by atoms with Gasteiger partial charge in [-0.25, -0.2) is 14.6 Å². The van der Waals surface area contributed by atoms with E-state index in [1.54, 1.807) is 19.2 Å². The maximum absolute atomic E-state index is 13.2. The van der Waals surface area contributed by atoms with E-state index in [-0.39, 0.29) is 42.2 Å². The molecule has 4 aromatic rings. The van der Waals surface area contributed by atoms with Gasteiger partial charge in [0, 0.05) is 18.1 Å². The Bertz CT molecular complexity index is 1540. The Balaban J connectivity index is 1.58. The molecule has 198 valence electrons. The van der Waals surface area contributed by atoms with Crippen LogP contribution in [0.2, 0.25) is 0 Å². The van der Waals surface area contributed by atoms with Crippen molar-refractivity contribution >= 4 is 55.7 Å². The van der Waals surface area contributed by atoms with Gasteiger partial charge in [0.15, 0.2) is 0 Å². The molecular weight excluding hydrogens is 530 g/mol. The fourth-order valence-corrected chi connectivity index (χ4v) is 5.76. The molecule has 0 aliphatic heterocycles. The number of anilines is 1. The van der Waals surface area contributed by atoms with Gasteiger partial charge in [-0.3, -0.25) is 14.2 Å². The summed E-state index contributed by atoms with van der Waals surface area (Å²) in [6.45, 7) is 3.53. The SMILES string of the molecule is CCOC(=O)c1c(-c2ccccc2)csc1NC(=O)Cn1cnc2sc(C(=O)OCCOC)c(C)c2c1=O. The molecule has 0 aliphatic rings. The maximum Gasteiger partial charge on any atom is 0.348 e. The third-order valence-corrected chi connectivity index (χ3v) is 7.62. The van der Waals surface area contributed by atoms with Crippen LogP contribution in [0, 0.1) is 6.92 Å². The monoisotopic (exact) mass is 555 g/mol. The second-order valence-electron chi connectivity index (χ2n) is 8.03. The zero-order valence-corrected chi connectivity index (χ0v) is 22.6. The lowest BCUT2D eigenvalue weighted by atomic mass is 10.0. The Morgan fingerprint density at radius 3 is 2.55 bits per heavy atom. The molecule has 0 saturated carbocycles. The van der Waals surface area contributed by atoms with Crippen molar-refractivity contribution in [1.82, 2.24) is 9.55 Å². The van der Waals surface area contributed by atoms with E-state index < -0.39 is 23.4 Å². The smallest absolute Gasteiger partial charge is 0.348 e. The van der Waals surface area contributed by atoms with Gasteiger partial charge in [-0.1, -0.05) is 30.3 Å². The van der Waals surface area contributed by atoms with Gasteiger partial charge in [0.05, 0.1) is 24.9 Å². The number of amides is 1. The summed E-state index contributed by atoms with van der Waals surface area (Å²) < 4.78 is 16.4. The Kier molecular flexibility index (Phi) is 8.66. The van der Waals surface area contributed by atoms with Crippen molar-refractivity contribution in [3.8, 4) is 11.1 Å². The lowest BCUT2D eigenvalue weighted by molar-refractivity contribution is -0.116. The Morgan fingerprint density at radius 2 is 1.84 bits per heavy atom. The average Bonchev–Trinajstić information content (AvgIpc) is 3.48. The first-order chi connectivity index (χ1) is 18.3. The molecule has 10 nitrogen and oxygen atoms in total. The predicted octanol–water partition coefficient (Wildman–Crippen LogP) is 4.11. The molecule has 0 unspecified atom stereocenters. The number of carbonyl (C=O) groups is 3. The number of ether oxygens (including phenoxy) is 3. The van der Waals surface area contributed by atoms with Crippen molar-refractivity contribution in [3.63, 3.8) is 0 Å². The van der Waals surface area contributed by atoms with Crippen LogP contribution in [-0.2, 0) is 25.5 Å². The van der Waals surface area contributed by atoms with Gasteiger partial charge < -0.3 is 19.5 Å². The molecule has 0 saturated heterocycles. The summed E-state index contributed by atoms with van der Waals surface area (Å²) in [5, 5.41) is 5.09. The second kappa shape index (κ2) is 12.1. The third-order valence-electron chi connectivity index (χ3n) is 5.55. The highest BCUT2D eigenvalue weighted by atomic mass is 32.1. The molecule has 0 spiro atoms. The molecule has 38 heavy (non-hydrogen) atoms. The van der Waals surface area contributed by atoms with Gasteiger partial charge in [-0.05, 0) is 25.0 Å². The molecule has 1 N–H and O–H groups in total. The Morgan fingerprint density at radius 1 is 1.08 bits per heavy atom. The zero-order chi connectivity index (χ0) is 27.2. The molecule has 3 heterocycles. The highest BCUT2D eigenvalue weighted by Gasteiger charge is 2.24. The number of methoxy groups -OCH3 is 1. The van der Waals surface area contributed by atoms with E-state index in [1.807, 2.05) is 30.3 Å². The van der Waals surface area contributed by atoms with Gasteiger partial charge in [-0.15, -0.1) is 22.7 Å². The van der Waals surface area contributed by atoms with Crippen molar-refractivity contribution in [3.05, 3.63) is 68.4 Å². The molecule has 4 rings (SSSR count). The van der Waals surface area contributed by atoms with E-state index >= 15 is 0 Å². The van der Waals surface area contributed by atoms with E-state index in [9.17, 15) is 19.2 Å². The highest BCUT2D eigenvalue weighted by Crippen LogP contribution is 2.36. The van der Waals surface area contributed by atoms with Crippen molar-refractivity contribution in [2.45, 2.75) is 20.4 Å². The van der Waals surface area contributed by atoms with Crippen LogP contribution in [0.3, 0.4) is 0 Å². The minimum absolute atomic E-state index is 0.0867. The number of thiophene rings is 2. The van der Waals surface area contributed by atoms with Crippen LogP contribution in [-0.4, -0.2) is 54.3 Å². The van der Waals surface area contributed by atoms with E-state index in [4.69, 9.17) is 14.2 Å². The maximum atomic E-state index is 13.2. The number of nitrogens with one attached hydrogen (secondary N) is 1. The first-order valence-corrected chi connectivity index (χ1v) is 13.3. The molecule has 1 aromatic carbocycles. The fourth-order valence-electron chi connectivity index (χ4n) is 3.76. The number of benzene rings is 1. The van der Waals surface area contributed by atoms with Crippen molar-refractivity contribution in [2.75, 3.05) is 32.2 Å². The molecule has 1 amide bonds. The quantitative estimate of drug-likeness (QED) is 0.229. The summed E-state index contributed by atoms with van der Waals surface area (Å²) in [6.07, 6.45) is 1.26. The molecule has 3 aromatic heterocycles. The Labute approximate surface area is 225 Å². The summed E-state index contributed by atoms with van der Waals surface area (Å²) >= 11 is 2.25. The van der Waals surface area contributed by atoms with Crippen molar-refractivity contribution in [2.24, 2.45) is 0 Å². The fraction of sp³-hybridized carbons (Fsp3) is 0.269. The number of aryl methyl sites for hydroxylation is 1. The number of rotatable bonds is 10. The minimum atomic E-state index is -0.565. The summed E-state index contributed by atoms with van der Waals surface area (Å²) in [5.41, 5.74) is 1.68. The first kappa shape index (κ1) is 27.2. The van der Waals surface area contributed by atoms with Crippen LogP contribution >= 0.6 is 22.7 Å². The topological polar surface area (TPSA) is 126 Å². The van der Waals surface area contributed by atoms with Crippen LogP contribution in [0.15, 0.2) is 46.8 Å². The van der Waals surface area contributed by atoms with E-state index in [0.29, 0.717) is 21.0 Å². The summed E-state index contributed by atoms with van der Waals surface area (Å²) in [4.78, 5) is 56.3. The molecule has 0 radical (unpaired) electrons. The second-order valence-corrected chi connectivity index (χ2v) is 9.91. The van der Waals surface area contributed by atoms with Gasteiger partial charge in [0.2, 0.25) is 5.91 Å². The number of fused-ring (bicyclic) bond motifs is 1. The number of esters is 2. The van der Waals surface area contributed by atoms with Gasteiger partial charge in [0.1, 0.15) is 33.4 Å². The Hall–Kier alpha value is -3.87. The van der Waals surface area contributed by atoms with E-state index in [2.05, 4.69) is 10.3 Å². The third kappa shape index (κ3) is 5.67. The summed E-state index contributed by atoms with van der Waals surface area (Å²) in [6, 6.07) is 9.30.